The lowest BCUT2D eigenvalue weighted by atomic mass is 10.5. The zero-order valence-electron chi connectivity index (χ0n) is 8.07. The molecule has 1 rings (SSSR count). The van der Waals surface area contributed by atoms with Gasteiger partial charge in [0.15, 0.2) is 5.16 Å². The Labute approximate surface area is 99.9 Å². The van der Waals surface area contributed by atoms with E-state index in [1.165, 1.54) is 18.9 Å². The Bertz CT molecular complexity index is 341. The van der Waals surface area contributed by atoms with Gasteiger partial charge in [-0.25, -0.2) is 9.97 Å². The molecule has 1 heterocycles. The molecular formula is C8H10BrN3O2S. The molecule has 0 radical (unpaired) electrons. The Hall–Kier alpha value is -0.820. The molecule has 0 fully saturated rings. The van der Waals surface area contributed by atoms with Crippen LogP contribution in [0.1, 0.15) is 6.42 Å². The molecule has 0 saturated carbocycles. The molecule has 82 valence electrons. The second-order valence-electron chi connectivity index (χ2n) is 2.57. The van der Waals surface area contributed by atoms with E-state index in [-0.39, 0.29) is 5.97 Å². The van der Waals surface area contributed by atoms with Crippen LogP contribution in [0.3, 0.4) is 0 Å². The standard InChI is InChI=1S/C8H10BrN3O2S/c1-14-7(13)2-3-15-8-11-5(9)4-6(10)12-8/h4H,2-3H2,1H3,(H2,10,11,12). The van der Waals surface area contributed by atoms with E-state index in [1.54, 1.807) is 6.07 Å². The van der Waals surface area contributed by atoms with E-state index >= 15 is 0 Å². The number of thioether (sulfide) groups is 1. The minimum atomic E-state index is -0.245. The molecule has 15 heavy (non-hydrogen) atoms. The van der Waals surface area contributed by atoms with Gasteiger partial charge in [-0.15, -0.1) is 0 Å². The number of hydrogen-bond donors (Lipinski definition) is 1. The van der Waals surface area contributed by atoms with Crippen molar-refractivity contribution in [3.05, 3.63) is 10.7 Å². The highest BCUT2D eigenvalue weighted by Gasteiger charge is 2.04. The van der Waals surface area contributed by atoms with Crippen LogP contribution in [0, 0.1) is 0 Å². The van der Waals surface area contributed by atoms with Gasteiger partial charge >= 0.3 is 5.97 Å². The summed E-state index contributed by atoms with van der Waals surface area (Å²) >= 11 is 4.57. The van der Waals surface area contributed by atoms with Crippen LogP contribution in [-0.4, -0.2) is 28.8 Å². The van der Waals surface area contributed by atoms with E-state index in [9.17, 15) is 4.79 Å². The average molecular weight is 292 g/mol. The van der Waals surface area contributed by atoms with Crippen LogP contribution in [-0.2, 0) is 9.53 Å². The van der Waals surface area contributed by atoms with Crippen molar-refractivity contribution in [3.8, 4) is 0 Å². The average Bonchev–Trinajstić information content (AvgIpc) is 2.16. The first-order valence-corrected chi connectivity index (χ1v) is 5.89. The maximum atomic E-state index is 10.8. The molecule has 0 aliphatic rings. The topological polar surface area (TPSA) is 78.1 Å². The summed E-state index contributed by atoms with van der Waals surface area (Å²) in [5.74, 6) is 0.727. The summed E-state index contributed by atoms with van der Waals surface area (Å²) in [4.78, 5) is 18.9. The van der Waals surface area contributed by atoms with Gasteiger partial charge in [-0.2, -0.15) is 0 Å². The fraction of sp³-hybridized carbons (Fsp3) is 0.375. The Kier molecular flexibility index (Phi) is 4.83. The number of ether oxygens (including phenoxy) is 1. The Morgan fingerprint density at radius 1 is 1.67 bits per heavy atom. The molecule has 1 aromatic heterocycles. The van der Waals surface area contributed by atoms with Crippen LogP contribution in [0.15, 0.2) is 15.8 Å². The largest absolute Gasteiger partial charge is 0.469 e. The third-order valence-corrected chi connectivity index (χ3v) is 2.71. The fourth-order valence-electron chi connectivity index (χ4n) is 0.806. The van der Waals surface area contributed by atoms with Gasteiger partial charge < -0.3 is 10.5 Å². The van der Waals surface area contributed by atoms with Gasteiger partial charge in [-0.3, -0.25) is 4.79 Å². The molecule has 0 unspecified atom stereocenters. The highest BCUT2D eigenvalue weighted by Crippen LogP contribution is 2.18. The van der Waals surface area contributed by atoms with E-state index in [4.69, 9.17) is 5.73 Å². The number of methoxy groups -OCH3 is 1. The summed E-state index contributed by atoms with van der Waals surface area (Å²) in [5, 5.41) is 0.547. The van der Waals surface area contributed by atoms with Crippen molar-refractivity contribution >= 4 is 39.5 Å². The van der Waals surface area contributed by atoms with Crippen LogP contribution >= 0.6 is 27.7 Å². The number of nitrogen functional groups attached to an aromatic ring is 1. The minimum absolute atomic E-state index is 0.245. The first-order chi connectivity index (χ1) is 7.11. The summed E-state index contributed by atoms with van der Waals surface area (Å²) in [5.41, 5.74) is 5.53. The predicted molar refractivity (Wildman–Crippen MR) is 61.5 cm³/mol. The number of rotatable bonds is 4. The predicted octanol–water partition coefficient (Wildman–Crippen LogP) is 1.48. The maximum Gasteiger partial charge on any atom is 0.306 e. The molecule has 0 aliphatic heterocycles. The summed E-state index contributed by atoms with van der Waals surface area (Å²) < 4.78 is 5.14. The molecule has 0 spiro atoms. The van der Waals surface area contributed by atoms with Crippen molar-refractivity contribution in [2.45, 2.75) is 11.6 Å². The number of aromatic nitrogens is 2. The van der Waals surface area contributed by atoms with Crippen LogP contribution in [0.4, 0.5) is 5.82 Å². The van der Waals surface area contributed by atoms with E-state index in [1.807, 2.05) is 0 Å². The van der Waals surface area contributed by atoms with Gasteiger partial charge in [0.05, 0.1) is 13.5 Å². The Morgan fingerprint density at radius 3 is 3.00 bits per heavy atom. The SMILES string of the molecule is COC(=O)CCSc1nc(N)cc(Br)n1. The number of hydrogen-bond acceptors (Lipinski definition) is 6. The first kappa shape index (κ1) is 12.3. The van der Waals surface area contributed by atoms with E-state index in [2.05, 4.69) is 30.6 Å². The number of nitrogens with two attached hydrogens (primary N) is 1. The van der Waals surface area contributed by atoms with Gasteiger partial charge in [0.1, 0.15) is 10.4 Å². The number of halogens is 1. The number of carbonyl (C=O) groups excluding carboxylic acids is 1. The van der Waals surface area contributed by atoms with Crippen molar-refractivity contribution < 1.29 is 9.53 Å². The molecule has 0 bridgehead atoms. The van der Waals surface area contributed by atoms with E-state index in [0.717, 1.165) is 0 Å². The Morgan fingerprint density at radius 2 is 2.40 bits per heavy atom. The molecule has 0 aromatic carbocycles. The van der Waals surface area contributed by atoms with Gasteiger partial charge in [-0.05, 0) is 15.9 Å². The molecule has 1 aromatic rings. The molecule has 0 atom stereocenters. The third kappa shape index (κ3) is 4.48. The monoisotopic (exact) mass is 291 g/mol. The minimum Gasteiger partial charge on any atom is -0.469 e. The van der Waals surface area contributed by atoms with Crippen LogP contribution < -0.4 is 5.73 Å². The summed E-state index contributed by atoms with van der Waals surface area (Å²) in [6.07, 6.45) is 0.330. The normalized spacial score (nSPS) is 10.0. The van der Waals surface area contributed by atoms with Crippen molar-refractivity contribution in [1.82, 2.24) is 9.97 Å². The van der Waals surface area contributed by atoms with Crippen LogP contribution in [0.5, 0.6) is 0 Å². The van der Waals surface area contributed by atoms with Crippen molar-refractivity contribution in [3.63, 3.8) is 0 Å². The molecule has 5 nitrogen and oxygen atoms in total. The van der Waals surface area contributed by atoms with Crippen molar-refractivity contribution in [2.24, 2.45) is 0 Å². The van der Waals surface area contributed by atoms with Crippen LogP contribution in [0.2, 0.25) is 0 Å². The van der Waals surface area contributed by atoms with Gasteiger partial charge in [-0.1, -0.05) is 11.8 Å². The molecule has 7 heteroatoms. The van der Waals surface area contributed by atoms with Gasteiger partial charge in [0.25, 0.3) is 0 Å². The van der Waals surface area contributed by atoms with Gasteiger partial charge in [0, 0.05) is 11.8 Å². The summed E-state index contributed by atoms with van der Waals surface area (Å²) in [6, 6.07) is 1.62. The lowest BCUT2D eigenvalue weighted by Crippen LogP contribution is -2.02. The van der Waals surface area contributed by atoms with Crippen LogP contribution in [0.25, 0.3) is 0 Å². The summed E-state index contributed by atoms with van der Waals surface area (Å²) in [7, 11) is 1.36. The number of anilines is 1. The molecule has 0 saturated heterocycles. The number of carbonyl (C=O) groups is 1. The zero-order valence-corrected chi connectivity index (χ0v) is 10.5. The molecule has 0 aliphatic carbocycles. The lowest BCUT2D eigenvalue weighted by molar-refractivity contribution is -0.140. The molecule has 0 amide bonds. The number of esters is 1. The highest BCUT2D eigenvalue weighted by atomic mass is 79.9. The highest BCUT2D eigenvalue weighted by molar-refractivity contribution is 9.10. The molecular weight excluding hydrogens is 282 g/mol. The van der Waals surface area contributed by atoms with Crippen molar-refractivity contribution in [2.75, 3.05) is 18.6 Å². The van der Waals surface area contributed by atoms with Gasteiger partial charge in [0.2, 0.25) is 0 Å². The second kappa shape index (κ2) is 5.92. The smallest absolute Gasteiger partial charge is 0.306 e. The zero-order chi connectivity index (χ0) is 11.3. The third-order valence-electron chi connectivity index (χ3n) is 1.46. The number of nitrogens with zero attached hydrogens (tertiary/aromatic N) is 2. The Balaban J connectivity index is 2.47. The fourth-order valence-corrected chi connectivity index (χ4v) is 2.11. The summed E-state index contributed by atoms with van der Waals surface area (Å²) in [6.45, 7) is 0. The lowest BCUT2D eigenvalue weighted by Gasteiger charge is -2.01. The quantitative estimate of drug-likeness (QED) is 0.392. The first-order valence-electron chi connectivity index (χ1n) is 4.11. The van der Waals surface area contributed by atoms with E-state index < -0.39 is 0 Å². The second-order valence-corrected chi connectivity index (χ2v) is 4.45. The van der Waals surface area contributed by atoms with E-state index in [0.29, 0.717) is 27.8 Å². The van der Waals surface area contributed by atoms with Crippen molar-refractivity contribution in [1.29, 1.82) is 0 Å². The maximum absolute atomic E-state index is 10.8. The molecule has 2 N–H and O–H groups in total.